The molecular weight excluding hydrogens is 328 g/mol. The van der Waals surface area contributed by atoms with Gasteiger partial charge in [0.25, 0.3) is 5.56 Å². The van der Waals surface area contributed by atoms with Crippen LogP contribution in [-0.4, -0.2) is 15.0 Å². The number of H-pyrrole nitrogens is 1. The summed E-state index contributed by atoms with van der Waals surface area (Å²) in [5.41, 5.74) is 5.41. The zero-order valence-electron chi connectivity index (χ0n) is 14.8. The molecule has 6 nitrogen and oxygen atoms in total. The molecule has 0 aliphatic carbocycles. The molecule has 1 aromatic carbocycles. The van der Waals surface area contributed by atoms with Crippen LogP contribution in [-0.2, 0) is 19.6 Å². The normalized spacial score (nSPS) is 12.5. The first-order valence-electron chi connectivity index (χ1n) is 8.59. The number of aromatic amines is 1. The summed E-state index contributed by atoms with van der Waals surface area (Å²) in [6, 6.07) is 9.81. The lowest BCUT2D eigenvalue weighted by Crippen LogP contribution is -2.20. The molecule has 0 amide bonds. The second-order valence-electron chi connectivity index (χ2n) is 6.52. The Bertz CT molecular complexity index is 1030. The monoisotopic (exact) mass is 348 g/mol. The maximum Gasteiger partial charge on any atom is 0.256 e. The Kier molecular flexibility index (Phi) is 4.16. The average Bonchev–Trinajstić information content (AvgIpc) is 2.81. The van der Waals surface area contributed by atoms with Crippen LogP contribution < -0.4 is 15.6 Å². The summed E-state index contributed by atoms with van der Waals surface area (Å²) in [5, 5.41) is 3.19. The first kappa shape index (κ1) is 16.3. The van der Waals surface area contributed by atoms with Gasteiger partial charge in [0.2, 0.25) is 5.95 Å². The van der Waals surface area contributed by atoms with E-state index in [1.807, 2.05) is 50.4 Å². The first-order valence-corrected chi connectivity index (χ1v) is 8.59. The molecular formula is C20H20N4O2. The smallest absolute Gasteiger partial charge is 0.256 e. The number of ether oxygens (including phenoxy) is 1. The number of hydrogen-bond donors (Lipinski definition) is 2. The molecule has 26 heavy (non-hydrogen) atoms. The van der Waals surface area contributed by atoms with Gasteiger partial charge in [-0.3, -0.25) is 14.8 Å². The highest BCUT2D eigenvalue weighted by molar-refractivity contribution is 5.42. The van der Waals surface area contributed by atoms with Crippen molar-refractivity contribution in [3.8, 4) is 5.75 Å². The fraction of sp³-hybridized carbons (Fsp3) is 0.250. The highest BCUT2D eigenvalue weighted by Crippen LogP contribution is 2.26. The third-order valence-electron chi connectivity index (χ3n) is 4.61. The van der Waals surface area contributed by atoms with E-state index in [0.717, 1.165) is 28.1 Å². The molecule has 1 aliphatic heterocycles. The van der Waals surface area contributed by atoms with E-state index in [2.05, 4.69) is 20.3 Å². The SMILES string of the molecule is Cc1cc(C)c(CNc2nc3c(c(=O)[nH]2)Cc2ccccc2OC3)cn1. The van der Waals surface area contributed by atoms with Crippen LogP contribution in [0.2, 0.25) is 0 Å². The van der Waals surface area contributed by atoms with Crippen LogP contribution in [0.5, 0.6) is 5.75 Å². The van der Waals surface area contributed by atoms with Crippen LogP contribution in [0.1, 0.15) is 33.6 Å². The lowest BCUT2D eigenvalue weighted by Gasteiger charge is -2.11. The van der Waals surface area contributed by atoms with Crippen molar-refractivity contribution < 1.29 is 4.74 Å². The molecule has 4 rings (SSSR count). The Morgan fingerprint density at radius 3 is 2.96 bits per heavy atom. The molecule has 0 atom stereocenters. The molecule has 6 heteroatoms. The van der Waals surface area contributed by atoms with Gasteiger partial charge in [-0.05, 0) is 42.7 Å². The maximum atomic E-state index is 12.6. The number of nitrogens with one attached hydrogen (secondary N) is 2. The van der Waals surface area contributed by atoms with E-state index in [-0.39, 0.29) is 12.2 Å². The van der Waals surface area contributed by atoms with Crippen molar-refractivity contribution in [1.29, 1.82) is 0 Å². The number of aromatic nitrogens is 3. The number of nitrogens with zero attached hydrogens (tertiary/aromatic N) is 2. The van der Waals surface area contributed by atoms with Gasteiger partial charge in [0, 0.05) is 30.4 Å². The molecule has 132 valence electrons. The van der Waals surface area contributed by atoms with Crippen molar-refractivity contribution in [3.63, 3.8) is 0 Å². The Labute approximate surface area is 151 Å². The van der Waals surface area contributed by atoms with Crippen LogP contribution in [0.3, 0.4) is 0 Å². The van der Waals surface area contributed by atoms with Crippen LogP contribution in [0.4, 0.5) is 5.95 Å². The second-order valence-corrected chi connectivity index (χ2v) is 6.52. The van der Waals surface area contributed by atoms with Gasteiger partial charge < -0.3 is 10.1 Å². The van der Waals surface area contributed by atoms with Gasteiger partial charge in [-0.25, -0.2) is 4.98 Å². The number of rotatable bonds is 3. The van der Waals surface area contributed by atoms with E-state index < -0.39 is 0 Å². The van der Waals surface area contributed by atoms with Crippen LogP contribution in [0, 0.1) is 13.8 Å². The van der Waals surface area contributed by atoms with Crippen LogP contribution in [0.25, 0.3) is 0 Å². The molecule has 0 bridgehead atoms. The third-order valence-corrected chi connectivity index (χ3v) is 4.61. The van der Waals surface area contributed by atoms with Crippen molar-refractivity contribution in [2.45, 2.75) is 33.4 Å². The Balaban J connectivity index is 1.59. The van der Waals surface area contributed by atoms with Crippen molar-refractivity contribution in [3.05, 3.63) is 80.5 Å². The van der Waals surface area contributed by atoms with Crippen LogP contribution >= 0.6 is 0 Å². The van der Waals surface area contributed by atoms with E-state index in [0.29, 0.717) is 30.2 Å². The van der Waals surface area contributed by atoms with Gasteiger partial charge in [0.1, 0.15) is 12.4 Å². The topological polar surface area (TPSA) is 79.9 Å². The molecule has 0 spiro atoms. The molecule has 0 saturated heterocycles. The lowest BCUT2D eigenvalue weighted by atomic mass is 10.1. The predicted octanol–water partition coefficient (Wildman–Crippen LogP) is 2.88. The minimum Gasteiger partial charge on any atom is -0.487 e. The minimum absolute atomic E-state index is 0.128. The van der Waals surface area contributed by atoms with E-state index in [9.17, 15) is 4.79 Å². The molecule has 0 saturated carbocycles. The predicted molar refractivity (Wildman–Crippen MR) is 99.5 cm³/mol. The summed E-state index contributed by atoms with van der Waals surface area (Å²) in [6.07, 6.45) is 2.37. The van der Waals surface area contributed by atoms with Crippen molar-refractivity contribution in [2.75, 3.05) is 5.32 Å². The third kappa shape index (κ3) is 3.18. The Morgan fingerprint density at radius 1 is 1.27 bits per heavy atom. The summed E-state index contributed by atoms with van der Waals surface area (Å²) >= 11 is 0. The minimum atomic E-state index is -0.128. The molecule has 0 radical (unpaired) electrons. The van der Waals surface area contributed by atoms with Gasteiger partial charge in [-0.1, -0.05) is 18.2 Å². The van der Waals surface area contributed by atoms with E-state index >= 15 is 0 Å². The number of anilines is 1. The molecule has 3 aromatic rings. The van der Waals surface area contributed by atoms with Gasteiger partial charge >= 0.3 is 0 Å². The molecule has 2 N–H and O–H groups in total. The summed E-state index contributed by atoms with van der Waals surface area (Å²) in [6.45, 7) is 4.84. The molecule has 3 heterocycles. The molecule has 0 unspecified atom stereocenters. The van der Waals surface area contributed by atoms with Gasteiger partial charge in [0.15, 0.2) is 0 Å². The first-order chi connectivity index (χ1) is 12.6. The number of benzene rings is 1. The fourth-order valence-corrected chi connectivity index (χ4v) is 3.15. The zero-order chi connectivity index (χ0) is 18.1. The molecule has 2 aromatic heterocycles. The maximum absolute atomic E-state index is 12.6. The van der Waals surface area contributed by atoms with E-state index in [1.54, 1.807) is 0 Å². The summed E-state index contributed by atoms with van der Waals surface area (Å²) < 4.78 is 5.83. The standard InChI is InChI=1S/C20H20N4O2/c1-12-7-13(2)21-9-15(12)10-22-20-23-17-11-26-18-6-4-3-5-14(18)8-16(17)19(25)24-20/h3-7,9H,8,10-11H2,1-2H3,(H2,22,23,24,25). The van der Waals surface area contributed by atoms with Gasteiger partial charge in [-0.2, -0.15) is 0 Å². The van der Waals surface area contributed by atoms with Gasteiger partial charge in [-0.15, -0.1) is 0 Å². The van der Waals surface area contributed by atoms with E-state index in [1.165, 1.54) is 0 Å². The Hall–Kier alpha value is -3.15. The summed E-state index contributed by atoms with van der Waals surface area (Å²) in [5.74, 6) is 1.25. The van der Waals surface area contributed by atoms with Crippen molar-refractivity contribution in [1.82, 2.24) is 15.0 Å². The second kappa shape index (κ2) is 6.63. The quantitative estimate of drug-likeness (QED) is 0.761. The molecule has 1 aliphatic rings. The average molecular weight is 348 g/mol. The molecule has 0 fully saturated rings. The number of hydrogen-bond acceptors (Lipinski definition) is 5. The fourth-order valence-electron chi connectivity index (χ4n) is 3.15. The highest BCUT2D eigenvalue weighted by Gasteiger charge is 2.19. The number of para-hydroxylation sites is 1. The number of pyridine rings is 1. The van der Waals surface area contributed by atoms with E-state index in [4.69, 9.17) is 4.74 Å². The summed E-state index contributed by atoms with van der Waals surface area (Å²) in [4.78, 5) is 24.3. The largest absolute Gasteiger partial charge is 0.487 e. The highest BCUT2D eigenvalue weighted by atomic mass is 16.5. The van der Waals surface area contributed by atoms with Crippen molar-refractivity contribution >= 4 is 5.95 Å². The van der Waals surface area contributed by atoms with Crippen molar-refractivity contribution in [2.24, 2.45) is 0 Å². The summed E-state index contributed by atoms with van der Waals surface area (Å²) in [7, 11) is 0. The Morgan fingerprint density at radius 2 is 2.12 bits per heavy atom. The lowest BCUT2D eigenvalue weighted by molar-refractivity contribution is 0.302. The number of aryl methyl sites for hydroxylation is 2. The van der Waals surface area contributed by atoms with Crippen LogP contribution in [0.15, 0.2) is 41.3 Å². The zero-order valence-corrected chi connectivity index (χ0v) is 14.8. The van der Waals surface area contributed by atoms with Gasteiger partial charge in [0.05, 0.1) is 5.69 Å². The number of fused-ring (bicyclic) bond motifs is 2.